The first-order valence-electron chi connectivity index (χ1n) is 7.21. The molecule has 1 aliphatic rings. The van der Waals surface area contributed by atoms with Crippen LogP contribution in [0, 0.1) is 0 Å². The summed E-state index contributed by atoms with van der Waals surface area (Å²) in [6.45, 7) is 9.18. The molecular formula is C16H26N2O. The van der Waals surface area contributed by atoms with Gasteiger partial charge in [0.05, 0.1) is 13.2 Å². The molecule has 1 fully saturated rings. The fourth-order valence-corrected chi connectivity index (χ4v) is 2.79. The monoisotopic (exact) mass is 262 g/mol. The lowest BCUT2D eigenvalue weighted by Gasteiger charge is -2.34. The molecule has 3 heteroatoms. The van der Waals surface area contributed by atoms with E-state index in [9.17, 15) is 0 Å². The second kappa shape index (κ2) is 6.51. The van der Waals surface area contributed by atoms with Crippen LogP contribution in [0.4, 0.5) is 0 Å². The van der Waals surface area contributed by atoms with E-state index >= 15 is 0 Å². The Labute approximate surface area is 116 Å². The van der Waals surface area contributed by atoms with Crippen molar-refractivity contribution in [3.05, 3.63) is 35.9 Å². The molecule has 1 aromatic carbocycles. The van der Waals surface area contributed by atoms with Crippen molar-refractivity contribution in [3.63, 3.8) is 0 Å². The number of rotatable bonds is 5. The molecule has 106 valence electrons. The van der Waals surface area contributed by atoms with E-state index in [0.29, 0.717) is 5.92 Å². The van der Waals surface area contributed by atoms with Gasteiger partial charge in [-0.3, -0.25) is 4.90 Å². The third kappa shape index (κ3) is 4.30. The van der Waals surface area contributed by atoms with E-state index in [1.807, 2.05) is 0 Å². The summed E-state index contributed by atoms with van der Waals surface area (Å²) in [6, 6.07) is 10.6. The minimum absolute atomic E-state index is 0.187. The molecule has 1 atom stereocenters. The van der Waals surface area contributed by atoms with E-state index in [0.717, 1.165) is 39.3 Å². The molecule has 1 aliphatic heterocycles. The maximum absolute atomic E-state index is 6.38. The zero-order chi connectivity index (χ0) is 13.7. The van der Waals surface area contributed by atoms with Gasteiger partial charge in [-0.05, 0) is 32.4 Å². The zero-order valence-corrected chi connectivity index (χ0v) is 12.1. The van der Waals surface area contributed by atoms with Gasteiger partial charge >= 0.3 is 0 Å². The van der Waals surface area contributed by atoms with Crippen molar-refractivity contribution in [1.29, 1.82) is 0 Å². The molecule has 0 radical (unpaired) electrons. The number of benzene rings is 1. The quantitative estimate of drug-likeness (QED) is 0.884. The first-order valence-corrected chi connectivity index (χ1v) is 7.21. The highest BCUT2D eigenvalue weighted by Crippen LogP contribution is 2.29. The molecule has 0 amide bonds. The summed E-state index contributed by atoms with van der Waals surface area (Å²) < 4.78 is 5.39. The van der Waals surface area contributed by atoms with E-state index in [1.54, 1.807) is 0 Å². The van der Waals surface area contributed by atoms with Crippen molar-refractivity contribution in [2.75, 3.05) is 32.8 Å². The first kappa shape index (κ1) is 14.5. The van der Waals surface area contributed by atoms with Gasteiger partial charge in [0.2, 0.25) is 0 Å². The fraction of sp³-hybridized carbons (Fsp3) is 0.625. The Kier molecular flexibility index (Phi) is 4.97. The van der Waals surface area contributed by atoms with E-state index in [1.165, 1.54) is 5.56 Å². The van der Waals surface area contributed by atoms with Crippen molar-refractivity contribution < 1.29 is 4.74 Å². The van der Waals surface area contributed by atoms with Crippen LogP contribution in [0.25, 0.3) is 0 Å². The summed E-state index contributed by atoms with van der Waals surface area (Å²) in [6.07, 6.45) is 1.10. The summed E-state index contributed by atoms with van der Waals surface area (Å²) in [5.74, 6) is 0.400. The molecule has 0 bridgehead atoms. The Morgan fingerprint density at radius 2 is 1.84 bits per heavy atom. The SMILES string of the molecule is CC(C)(N)C(CCN1CCOCC1)c1ccccc1. The number of morpholine rings is 1. The number of hydrogen-bond acceptors (Lipinski definition) is 3. The molecule has 1 saturated heterocycles. The van der Waals surface area contributed by atoms with Crippen LogP contribution in [0.3, 0.4) is 0 Å². The maximum atomic E-state index is 6.38. The standard InChI is InChI=1S/C16H26N2O/c1-16(2,17)15(14-6-4-3-5-7-14)8-9-18-10-12-19-13-11-18/h3-7,15H,8-13,17H2,1-2H3. The van der Waals surface area contributed by atoms with Gasteiger partial charge in [-0.25, -0.2) is 0 Å². The summed E-state index contributed by atoms with van der Waals surface area (Å²) in [5, 5.41) is 0. The molecule has 2 N–H and O–H groups in total. The van der Waals surface area contributed by atoms with Crippen LogP contribution >= 0.6 is 0 Å². The second-order valence-corrected chi connectivity index (χ2v) is 6.03. The number of ether oxygens (including phenoxy) is 1. The molecule has 1 aromatic rings. The predicted molar refractivity (Wildman–Crippen MR) is 79.3 cm³/mol. The number of hydrogen-bond donors (Lipinski definition) is 1. The third-order valence-electron chi connectivity index (χ3n) is 3.94. The van der Waals surface area contributed by atoms with E-state index in [-0.39, 0.29) is 5.54 Å². The van der Waals surface area contributed by atoms with Gasteiger partial charge < -0.3 is 10.5 Å². The lowest BCUT2D eigenvalue weighted by Crippen LogP contribution is -2.42. The highest BCUT2D eigenvalue weighted by Gasteiger charge is 2.27. The molecule has 0 spiro atoms. The van der Waals surface area contributed by atoms with Crippen molar-refractivity contribution >= 4 is 0 Å². The first-order chi connectivity index (χ1) is 9.07. The van der Waals surface area contributed by atoms with E-state index in [4.69, 9.17) is 10.5 Å². The average Bonchev–Trinajstić information content (AvgIpc) is 2.40. The Balaban J connectivity index is 1.99. The van der Waals surface area contributed by atoms with Crippen LogP contribution in [-0.4, -0.2) is 43.3 Å². The average molecular weight is 262 g/mol. The fourth-order valence-electron chi connectivity index (χ4n) is 2.79. The highest BCUT2D eigenvalue weighted by molar-refractivity contribution is 5.23. The summed E-state index contributed by atoms with van der Waals surface area (Å²) in [7, 11) is 0. The summed E-state index contributed by atoms with van der Waals surface area (Å²) in [4.78, 5) is 2.48. The topological polar surface area (TPSA) is 38.5 Å². The van der Waals surface area contributed by atoms with Gasteiger partial charge in [0, 0.05) is 24.5 Å². The number of nitrogens with zero attached hydrogens (tertiary/aromatic N) is 1. The minimum Gasteiger partial charge on any atom is -0.379 e. The highest BCUT2D eigenvalue weighted by atomic mass is 16.5. The summed E-state index contributed by atoms with van der Waals surface area (Å²) in [5.41, 5.74) is 7.55. The van der Waals surface area contributed by atoms with Crippen LogP contribution in [0.2, 0.25) is 0 Å². The van der Waals surface area contributed by atoms with Crippen molar-refractivity contribution in [2.45, 2.75) is 31.7 Å². The van der Waals surface area contributed by atoms with Crippen LogP contribution < -0.4 is 5.73 Å². The van der Waals surface area contributed by atoms with Gasteiger partial charge in [-0.1, -0.05) is 30.3 Å². The van der Waals surface area contributed by atoms with Gasteiger partial charge in [-0.2, -0.15) is 0 Å². The maximum Gasteiger partial charge on any atom is 0.0594 e. The van der Waals surface area contributed by atoms with Crippen LogP contribution in [0.5, 0.6) is 0 Å². The van der Waals surface area contributed by atoms with Crippen LogP contribution in [0.1, 0.15) is 31.7 Å². The third-order valence-corrected chi connectivity index (χ3v) is 3.94. The molecule has 3 nitrogen and oxygen atoms in total. The van der Waals surface area contributed by atoms with Gasteiger partial charge in [0.1, 0.15) is 0 Å². The Bertz CT molecular complexity index is 366. The largest absolute Gasteiger partial charge is 0.379 e. The second-order valence-electron chi connectivity index (χ2n) is 6.03. The number of nitrogens with two attached hydrogens (primary N) is 1. The van der Waals surface area contributed by atoms with E-state index < -0.39 is 0 Å². The van der Waals surface area contributed by atoms with Crippen LogP contribution in [-0.2, 0) is 4.74 Å². The molecule has 1 unspecified atom stereocenters. The Morgan fingerprint density at radius 1 is 1.21 bits per heavy atom. The zero-order valence-electron chi connectivity index (χ0n) is 12.1. The molecule has 0 aromatic heterocycles. The Morgan fingerprint density at radius 3 is 2.42 bits per heavy atom. The normalized spacial score (nSPS) is 19.3. The van der Waals surface area contributed by atoms with Crippen LogP contribution in [0.15, 0.2) is 30.3 Å². The molecular weight excluding hydrogens is 236 g/mol. The van der Waals surface area contributed by atoms with Crippen molar-refractivity contribution in [1.82, 2.24) is 4.90 Å². The van der Waals surface area contributed by atoms with Crippen molar-refractivity contribution in [2.24, 2.45) is 5.73 Å². The molecule has 0 saturated carbocycles. The Hall–Kier alpha value is -0.900. The van der Waals surface area contributed by atoms with Gasteiger partial charge in [0.15, 0.2) is 0 Å². The lowest BCUT2D eigenvalue weighted by molar-refractivity contribution is 0.0357. The molecule has 2 rings (SSSR count). The minimum atomic E-state index is -0.187. The van der Waals surface area contributed by atoms with Gasteiger partial charge in [0.25, 0.3) is 0 Å². The smallest absolute Gasteiger partial charge is 0.0594 e. The molecule has 0 aliphatic carbocycles. The van der Waals surface area contributed by atoms with Crippen molar-refractivity contribution in [3.8, 4) is 0 Å². The summed E-state index contributed by atoms with van der Waals surface area (Å²) >= 11 is 0. The lowest BCUT2D eigenvalue weighted by atomic mass is 9.80. The predicted octanol–water partition coefficient (Wildman–Crippen LogP) is 2.23. The van der Waals surface area contributed by atoms with E-state index in [2.05, 4.69) is 49.1 Å². The molecule has 1 heterocycles. The van der Waals surface area contributed by atoms with Gasteiger partial charge in [-0.15, -0.1) is 0 Å². The molecule has 19 heavy (non-hydrogen) atoms.